The highest BCUT2D eigenvalue weighted by molar-refractivity contribution is 6.01. The van der Waals surface area contributed by atoms with Gasteiger partial charge >= 0.3 is 0 Å². The van der Waals surface area contributed by atoms with Crippen LogP contribution in [0.25, 0.3) is 11.1 Å². The summed E-state index contributed by atoms with van der Waals surface area (Å²) >= 11 is 0. The number of amides is 2. The van der Waals surface area contributed by atoms with Gasteiger partial charge in [0.05, 0.1) is 12.3 Å². The third kappa shape index (κ3) is 6.36. The molecule has 2 N–H and O–H groups in total. The fourth-order valence-corrected chi connectivity index (χ4v) is 4.95. The summed E-state index contributed by atoms with van der Waals surface area (Å²) in [6.45, 7) is 4.94. The molecule has 192 valence electrons. The van der Waals surface area contributed by atoms with Gasteiger partial charge in [0.1, 0.15) is 12.9 Å². The van der Waals surface area contributed by atoms with Crippen molar-refractivity contribution < 1.29 is 19.5 Å². The summed E-state index contributed by atoms with van der Waals surface area (Å²) in [6.07, 6.45) is 1.27. The zero-order valence-electron chi connectivity index (χ0n) is 21.5. The van der Waals surface area contributed by atoms with E-state index in [1.54, 1.807) is 23.1 Å². The SMILES string of the molecule is CON=C1C[C@@H](CC(=O)NCCc2cccc(O)c2)N(C(=O)c2ccc(-c3c(C)cccc3C)cc2)C1. The smallest absolute Gasteiger partial charge is 0.254 e. The van der Waals surface area contributed by atoms with Gasteiger partial charge in [-0.05, 0) is 72.4 Å². The Kier molecular flexibility index (Phi) is 8.23. The molecule has 4 rings (SSSR count). The third-order valence-electron chi connectivity index (χ3n) is 6.72. The van der Waals surface area contributed by atoms with Crippen molar-refractivity contribution in [3.8, 4) is 16.9 Å². The highest BCUT2D eigenvalue weighted by atomic mass is 16.6. The first-order valence-corrected chi connectivity index (χ1v) is 12.5. The van der Waals surface area contributed by atoms with Gasteiger partial charge in [0.2, 0.25) is 5.91 Å². The zero-order valence-corrected chi connectivity index (χ0v) is 21.5. The maximum Gasteiger partial charge on any atom is 0.254 e. The summed E-state index contributed by atoms with van der Waals surface area (Å²) in [5.74, 6) is -0.0603. The van der Waals surface area contributed by atoms with Crippen molar-refractivity contribution in [1.29, 1.82) is 0 Å². The molecule has 3 aromatic rings. The topological polar surface area (TPSA) is 91.2 Å². The van der Waals surface area contributed by atoms with E-state index in [1.165, 1.54) is 23.8 Å². The molecule has 0 saturated carbocycles. The van der Waals surface area contributed by atoms with Gasteiger partial charge in [0, 0.05) is 31.0 Å². The van der Waals surface area contributed by atoms with Crippen LogP contribution in [0.5, 0.6) is 5.75 Å². The van der Waals surface area contributed by atoms with E-state index in [0.29, 0.717) is 31.5 Å². The van der Waals surface area contributed by atoms with E-state index >= 15 is 0 Å². The molecule has 7 nitrogen and oxygen atoms in total. The van der Waals surface area contributed by atoms with Gasteiger partial charge in [0.25, 0.3) is 5.91 Å². The first-order chi connectivity index (χ1) is 17.9. The Balaban J connectivity index is 1.43. The third-order valence-corrected chi connectivity index (χ3v) is 6.72. The molecule has 3 aromatic carbocycles. The maximum absolute atomic E-state index is 13.5. The number of carbonyl (C=O) groups excluding carboxylic acids is 2. The normalized spacial score (nSPS) is 16.1. The van der Waals surface area contributed by atoms with Crippen LogP contribution in [0.2, 0.25) is 0 Å². The predicted octanol–water partition coefficient (Wildman–Crippen LogP) is 4.64. The van der Waals surface area contributed by atoms with E-state index in [9.17, 15) is 14.7 Å². The summed E-state index contributed by atoms with van der Waals surface area (Å²) in [7, 11) is 1.48. The molecule has 1 heterocycles. The second kappa shape index (κ2) is 11.7. The van der Waals surface area contributed by atoms with E-state index in [2.05, 4.69) is 36.5 Å². The number of aromatic hydroxyl groups is 1. The molecule has 0 aliphatic carbocycles. The van der Waals surface area contributed by atoms with Crippen molar-refractivity contribution >= 4 is 17.5 Å². The Labute approximate surface area is 217 Å². The number of oxime groups is 1. The molecule has 0 spiro atoms. The van der Waals surface area contributed by atoms with Crippen molar-refractivity contribution in [2.24, 2.45) is 5.16 Å². The number of nitrogens with zero attached hydrogens (tertiary/aromatic N) is 2. The summed E-state index contributed by atoms with van der Waals surface area (Å²) < 4.78 is 0. The largest absolute Gasteiger partial charge is 0.508 e. The fraction of sp³-hybridized carbons (Fsp3) is 0.300. The molecule has 0 unspecified atom stereocenters. The van der Waals surface area contributed by atoms with Gasteiger partial charge in [-0.3, -0.25) is 9.59 Å². The minimum Gasteiger partial charge on any atom is -0.508 e. The van der Waals surface area contributed by atoms with E-state index < -0.39 is 0 Å². The van der Waals surface area contributed by atoms with Gasteiger partial charge in [-0.15, -0.1) is 0 Å². The Morgan fingerprint density at radius 2 is 1.76 bits per heavy atom. The number of benzene rings is 3. The highest BCUT2D eigenvalue weighted by Gasteiger charge is 2.35. The maximum atomic E-state index is 13.5. The second-order valence-corrected chi connectivity index (χ2v) is 9.45. The Morgan fingerprint density at radius 3 is 2.43 bits per heavy atom. The van der Waals surface area contributed by atoms with Crippen LogP contribution in [0.15, 0.2) is 71.9 Å². The van der Waals surface area contributed by atoms with Crippen molar-refractivity contribution in [1.82, 2.24) is 10.2 Å². The number of phenols is 1. The molecule has 1 saturated heterocycles. The Bertz CT molecular complexity index is 1280. The van der Waals surface area contributed by atoms with Gasteiger partial charge < -0.3 is 20.2 Å². The summed E-state index contributed by atoms with van der Waals surface area (Å²) in [5.41, 5.74) is 6.87. The zero-order chi connectivity index (χ0) is 26.4. The number of nitrogens with one attached hydrogen (secondary N) is 1. The molecule has 7 heteroatoms. The first kappa shape index (κ1) is 25.9. The summed E-state index contributed by atoms with van der Waals surface area (Å²) in [5, 5.41) is 16.6. The van der Waals surface area contributed by atoms with Crippen molar-refractivity contribution in [2.75, 3.05) is 20.2 Å². The number of likely N-dealkylation sites (tertiary alicyclic amines) is 1. The molecule has 0 bridgehead atoms. The van der Waals surface area contributed by atoms with Crippen molar-refractivity contribution in [3.05, 3.63) is 89.0 Å². The van der Waals surface area contributed by atoms with Crippen LogP contribution in [-0.4, -0.2) is 53.8 Å². The molecule has 1 fully saturated rings. The van der Waals surface area contributed by atoms with Gasteiger partial charge in [-0.25, -0.2) is 0 Å². The molecule has 2 amide bonds. The van der Waals surface area contributed by atoms with Crippen molar-refractivity contribution in [2.45, 2.75) is 39.2 Å². The lowest BCUT2D eigenvalue weighted by Gasteiger charge is -2.24. The molecule has 37 heavy (non-hydrogen) atoms. The van der Waals surface area contributed by atoms with Crippen molar-refractivity contribution in [3.63, 3.8) is 0 Å². The summed E-state index contributed by atoms with van der Waals surface area (Å²) in [4.78, 5) is 32.9. The van der Waals surface area contributed by atoms with Crippen LogP contribution in [0.3, 0.4) is 0 Å². The first-order valence-electron chi connectivity index (χ1n) is 12.5. The number of hydrogen-bond donors (Lipinski definition) is 2. The molecule has 0 radical (unpaired) electrons. The van der Waals surface area contributed by atoms with E-state index in [-0.39, 0.29) is 30.0 Å². The Morgan fingerprint density at radius 1 is 1.05 bits per heavy atom. The molecule has 0 aromatic heterocycles. The average molecular weight is 500 g/mol. The molecular formula is C30H33N3O4. The van der Waals surface area contributed by atoms with Crippen LogP contribution in [0, 0.1) is 13.8 Å². The minimum atomic E-state index is -0.305. The van der Waals surface area contributed by atoms with Crippen LogP contribution in [-0.2, 0) is 16.1 Å². The molecular weight excluding hydrogens is 466 g/mol. The number of carbonyl (C=O) groups is 2. The van der Waals surface area contributed by atoms with Gasteiger partial charge in [-0.1, -0.05) is 47.6 Å². The predicted molar refractivity (Wildman–Crippen MR) is 145 cm³/mol. The van der Waals surface area contributed by atoms with Crippen LogP contribution >= 0.6 is 0 Å². The van der Waals surface area contributed by atoms with Crippen LogP contribution in [0.1, 0.15) is 39.9 Å². The Hall–Kier alpha value is -4.13. The number of phenolic OH excluding ortho intramolecular Hbond substituents is 1. The molecule has 1 atom stereocenters. The van der Waals surface area contributed by atoms with Gasteiger partial charge in [0.15, 0.2) is 0 Å². The second-order valence-electron chi connectivity index (χ2n) is 9.45. The fourth-order valence-electron chi connectivity index (χ4n) is 4.95. The van der Waals surface area contributed by atoms with E-state index in [0.717, 1.165) is 16.8 Å². The van der Waals surface area contributed by atoms with Crippen LogP contribution < -0.4 is 5.32 Å². The van der Waals surface area contributed by atoms with E-state index in [4.69, 9.17) is 4.84 Å². The molecule has 1 aliphatic rings. The minimum absolute atomic E-state index is 0.132. The lowest BCUT2D eigenvalue weighted by Crippen LogP contribution is -2.39. The highest BCUT2D eigenvalue weighted by Crippen LogP contribution is 2.28. The quantitative estimate of drug-likeness (QED) is 0.442. The lowest BCUT2D eigenvalue weighted by atomic mass is 9.95. The van der Waals surface area contributed by atoms with Crippen LogP contribution in [0.4, 0.5) is 0 Å². The standard InChI is InChI=1S/C30H33N3O4/c1-20-6-4-7-21(2)29(20)23-10-12-24(13-11-23)30(36)33-19-25(32-37-3)17-26(33)18-28(35)31-15-14-22-8-5-9-27(34)16-22/h4-13,16,26,34H,14-15,17-19H2,1-3H3,(H,31,35)/t26-/m0/s1. The monoisotopic (exact) mass is 499 g/mol. The average Bonchev–Trinajstić information content (AvgIpc) is 3.26. The molecule has 1 aliphatic heterocycles. The lowest BCUT2D eigenvalue weighted by molar-refractivity contribution is -0.121. The summed E-state index contributed by atoms with van der Waals surface area (Å²) in [6, 6.07) is 20.5. The van der Waals surface area contributed by atoms with E-state index in [1.807, 2.05) is 36.4 Å². The van der Waals surface area contributed by atoms with Gasteiger partial charge in [-0.2, -0.15) is 0 Å². The number of rotatable bonds is 8. The number of hydrogen-bond acceptors (Lipinski definition) is 5. The number of aryl methyl sites for hydroxylation is 2.